The predicted octanol–water partition coefficient (Wildman–Crippen LogP) is 2.99. The summed E-state index contributed by atoms with van der Waals surface area (Å²) in [6, 6.07) is 0. The van der Waals surface area contributed by atoms with Gasteiger partial charge >= 0.3 is 6.18 Å². The molecule has 0 aromatic heterocycles. The number of alkyl halides is 3. The predicted molar refractivity (Wildman–Crippen MR) is 72.5 cm³/mol. The molecular formula is C15H25F3N2. The van der Waals surface area contributed by atoms with Crippen molar-refractivity contribution in [1.29, 1.82) is 0 Å². The van der Waals surface area contributed by atoms with Gasteiger partial charge < -0.3 is 4.90 Å². The van der Waals surface area contributed by atoms with E-state index in [0.717, 1.165) is 19.0 Å². The van der Waals surface area contributed by atoms with Crippen molar-refractivity contribution < 1.29 is 13.2 Å². The van der Waals surface area contributed by atoms with Crippen LogP contribution in [-0.2, 0) is 0 Å². The van der Waals surface area contributed by atoms with Crippen LogP contribution < -0.4 is 0 Å². The van der Waals surface area contributed by atoms with Gasteiger partial charge in [0.1, 0.15) is 0 Å². The van der Waals surface area contributed by atoms with E-state index in [1.807, 2.05) is 0 Å². The molecule has 2 saturated heterocycles. The molecule has 2 heterocycles. The lowest BCUT2D eigenvalue weighted by atomic mass is 9.89. The highest BCUT2D eigenvalue weighted by Gasteiger charge is 2.43. The van der Waals surface area contributed by atoms with Crippen LogP contribution in [0.4, 0.5) is 13.2 Å². The first kappa shape index (κ1) is 14.6. The molecule has 116 valence electrons. The Balaban J connectivity index is 1.43. The van der Waals surface area contributed by atoms with Crippen LogP contribution in [0.2, 0.25) is 0 Å². The van der Waals surface area contributed by atoms with E-state index in [1.165, 1.54) is 38.6 Å². The van der Waals surface area contributed by atoms with Crippen LogP contribution in [0.3, 0.4) is 0 Å². The van der Waals surface area contributed by atoms with Crippen LogP contribution >= 0.6 is 0 Å². The number of hydrogen-bond donors (Lipinski definition) is 0. The summed E-state index contributed by atoms with van der Waals surface area (Å²) < 4.78 is 37.3. The Bertz CT molecular complexity index is 312. The molecule has 0 amide bonds. The summed E-state index contributed by atoms with van der Waals surface area (Å²) in [6.45, 7) is 3.80. The molecule has 1 aliphatic carbocycles. The molecule has 0 bridgehead atoms. The first-order chi connectivity index (χ1) is 9.49. The van der Waals surface area contributed by atoms with Gasteiger partial charge in [0, 0.05) is 32.7 Å². The Labute approximate surface area is 119 Å². The second kappa shape index (κ2) is 5.84. The molecular weight excluding hydrogens is 265 g/mol. The molecule has 2 unspecified atom stereocenters. The number of hydrogen-bond acceptors (Lipinski definition) is 2. The Morgan fingerprint density at radius 1 is 0.800 bits per heavy atom. The fraction of sp³-hybridized carbons (Fsp3) is 1.00. The van der Waals surface area contributed by atoms with E-state index in [1.54, 1.807) is 4.90 Å². The smallest absolute Gasteiger partial charge is 0.302 e. The number of likely N-dealkylation sites (tertiary alicyclic amines) is 2. The summed E-state index contributed by atoms with van der Waals surface area (Å²) in [6.07, 6.45) is 2.78. The van der Waals surface area contributed by atoms with E-state index < -0.39 is 12.7 Å². The van der Waals surface area contributed by atoms with Gasteiger partial charge in [-0.2, -0.15) is 13.2 Å². The van der Waals surface area contributed by atoms with Gasteiger partial charge in [0.05, 0.1) is 6.54 Å². The van der Waals surface area contributed by atoms with Crippen LogP contribution in [0.15, 0.2) is 0 Å². The fourth-order valence-corrected chi connectivity index (χ4v) is 4.45. The average Bonchev–Trinajstić information content (AvgIpc) is 2.85. The molecule has 3 aliphatic rings. The quantitative estimate of drug-likeness (QED) is 0.788. The Kier molecular flexibility index (Phi) is 4.27. The minimum atomic E-state index is -4.04. The summed E-state index contributed by atoms with van der Waals surface area (Å²) in [7, 11) is 0. The molecule has 0 aromatic rings. The molecule has 2 atom stereocenters. The second-order valence-corrected chi connectivity index (χ2v) is 7.05. The Hall–Kier alpha value is -0.290. The van der Waals surface area contributed by atoms with Crippen LogP contribution in [0.1, 0.15) is 32.1 Å². The largest absolute Gasteiger partial charge is 0.401 e. The van der Waals surface area contributed by atoms with Gasteiger partial charge in [-0.25, -0.2) is 0 Å². The van der Waals surface area contributed by atoms with E-state index in [2.05, 4.69) is 4.90 Å². The average molecular weight is 290 g/mol. The minimum Gasteiger partial charge on any atom is -0.302 e. The molecule has 3 rings (SSSR count). The van der Waals surface area contributed by atoms with Gasteiger partial charge in [-0.05, 0) is 30.6 Å². The standard InChI is InChI=1S/C15H25F3N2/c16-15(17,18)11-20-9-13-7-19(8-14(13)10-20)6-12-4-2-1-3-5-12/h12-14H,1-11H2. The number of rotatable bonds is 3. The first-order valence-electron chi connectivity index (χ1n) is 8.01. The maximum absolute atomic E-state index is 12.4. The van der Waals surface area contributed by atoms with E-state index in [-0.39, 0.29) is 0 Å². The molecule has 0 radical (unpaired) electrons. The van der Waals surface area contributed by atoms with Gasteiger partial charge in [-0.15, -0.1) is 0 Å². The molecule has 0 N–H and O–H groups in total. The molecule has 2 aliphatic heterocycles. The molecule has 3 fully saturated rings. The Morgan fingerprint density at radius 2 is 1.35 bits per heavy atom. The maximum atomic E-state index is 12.4. The fourth-order valence-electron chi connectivity index (χ4n) is 4.45. The molecule has 5 heteroatoms. The van der Waals surface area contributed by atoms with Gasteiger partial charge in [0.2, 0.25) is 0 Å². The number of fused-ring (bicyclic) bond motifs is 1. The van der Waals surface area contributed by atoms with Crippen molar-refractivity contribution in [2.45, 2.75) is 38.3 Å². The van der Waals surface area contributed by atoms with E-state index in [9.17, 15) is 13.2 Å². The molecule has 0 aromatic carbocycles. The van der Waals surface area contributed by atoms with Crippen molar-refractivity contribution in [3.63, 3.8) is 0 Å². The van der Waals surface area contributed by atoms with Crippen molar-refractivity contribution in [3.05, 3.63) is 0 Å². The zero-order chi connectivity index (χ0) is 14.2. The molecule has 2 nitrogen and oxygen atoms in total. The summed E-state index contributed by atoms with van der Waals surface area (Å²) in [5, 5.41) is 0. The van der Waals surface area contributed by atoms with E-state index in [4.69, 9.17) is 0 Å². The van der Waals surface area contributed by atoms with E-state index in [0.29, 0.717) is 24.9 Å². The number of nitrogens with zero attached hydrogens (tertiary/aromatic N) is 2. The summed E-state index contributed by atoms with van der Waals surface area (Å²) in [4.78, 5) is 4.13. The summed E-state index contributed by atoms with van der Waals surface area (Å²) in [5.74, 6) is 1.79. The van der Waals surface area contributed by atoms with Gasteiger partial charge in [-0.3, -0.25) is 4.90 Å². The minimum absolute atomic E-state index is 0.473. The van der Waals surface area contributed by atoms with Crippen molar-refractivity contribution in [1.82, 2.24) is 9.80 Å². The molecule has 20 heavy (non-hydrogen) atoms. The highest BCUT2D eigenvalue weighted by molar-refractivity contribution is 4.94. The summed E-state index contributed by atoms with van der Waals surface area (Å²) in [5.41, 5.74) is 0. The lowest BCUT2D eigenvalue weighted by Crippen LogP contribution is -2.36. The van der Waals surface area contributed by atoms with Crippen molar-refractivity contribution in [2.75, 3.05) is 39.3 Å². The Morgan fingerprint density at radius 3 is 1.90 bits per heavy atom. The van der Waals surface area contributed by atoms with Gasteiger partial charge in [0.25, 0.3) is 0 Å². The SMILES string of the molecule is FC(F)(F)CN1CC2CN(CC3CCCCC3)CC2C1. The lowest BCUT2D eigenvalue weighted by molar-refractivity contribution is -0.144. The summed E-state index contributed by atoms with van der Waals surface area (Å²) >= 11 is 0. The van der Waals surface area contributed by atoms with Crippen LogP contribution in [0.5, 0.6) is 0 Å². The van der Waals surface area contributed by atoms with Crippen molar-refractivity contribution in [3.8, 4) is 0 Å². The third-order valence-corrected chi connectivity index (χ3v) is 5.28. The molecule has 1 saturated carbocycles. The van der Waals surface area contributed by atoms with Crippen LogP contribution in [-0.4, -0.2) is 55.2 Å². The second-order valence-electron chi connectivity index (χ2n) is 7.05. The lowest BCUT2D eigenvalue weighted by Gasteiger charge is -2.28. The highest BCUT2D eigenvalue weighted by Crippen LogP contribution is 2.34. The van der Waals surface area contributed by atoms with E-state index >= 15 is 0 Å². The van der Waals surface area contributed by atoms with Gasteiger partial charge in [0.15, 0.2) is 0 Å². The zero-order valence-electron chi connectivity index (χ0n) is 12.0. The van der Waals surface area contributed by atoms with Crippen LogP contribution in [0, 0.1) is 17.8 Å². The van der Waals surface area contributed by atoms with Crippen molar-refractivity contribution in [2.24, 2.45) is 17.8 Å². The monoisotopic (exact) mass is 290 g/mol. The maximum Gasteiger partial charge on any atom is 0.401 e. The third kappa shape index (κ3) is 3.67. The third-order valence-electron chi connectivity index (χ3n) is 5.28. The normalized spacial score (nSPS) is 33.8. The van der Waals surface area contributed by atoms with Crippen LogP contribution in [0.25, 0.3) is 0 Å². The van der Waals surface area contributed by atoms with Crippen molar-refractivity contribution >= 4 is 0 Å². The van der Waals surface area contributed by atoms with Gasteiger partial charge in [-0.1, -0.05) is 19.3 Å². The zero-order valence-corrected chi connectivity index (χ0v) is 12.0. The topological polar surface area (TPSA) is 6.48 Å². The number of halogens is 3. The molecule has 0 spiro atoms. The highest BCUT2D eigenvalue weighted by atomic mass is 19.4. The first-order valence-corrected chi connectivity index (χ1v) is 8.01.